The van der Waals surface area contributed by atoms with E-state index in [-0.39, 0.29) is 17.0 Å². The van der Waals surface area contributed by atoms with E-state index in [1.54, 1.807) is 0 Å². The summed E-state index contributed by atoms with van der Waals surface area (Å²) in [5.41, 5.74) is 5.63. The molecule has 0 amide bonds. The number of aldehydes is 1. The van der Waals surface area contributed by atoms with Gasteiger partial charge in [-0.05, 0) is 18.2 Å². The molecule has 0 atom stereocenters. The van der Waals surface area contributed by atoms with Crippen molar-refractivity contribution in [2.45, 2.75) is 6.61 Å². The summed E-state index contributed by atoms with van der Waals surface area (Å²) in [6.07, 6.45) is 0.526. The van der Waals surface area contributed by atoms with Gasteiger partial charge in [0.15, 0.2) is 0 Å². The van der Waals surface area contributed by atoms with Gasteiger partial charge in [0.05, 0.1) is 5.69 Å². The first-order valence-electron chi connectivity index (χ1n) is 3.43. The number of carbonyl (C=O) groups excluding carboxylic acids is 1. The summed E-state index contributed by atoms with van der Waals surface area (Å²) in [6.45, 7) is -2.94. The van der Waals surface area contributed by atoms with Crippen molar-refractivity contribution in [1.82, 2.24) is 0 Å². The van der Waals surface area contributed by atoms with Gasteiger partial charge in [-0.15, -0.1) is 0 Å². The number of nitrogen functional groups attached to an aromatic ring is 1. The maximum Gasteiger partial charge on any atom is 0.387 e. The number of hydrogen-bond acceptors (Lipinski definition) is 3. The van der Waals surface area contributed by atoms with Gasteiger partial charge in [0.2, 0.25) is 0 Å². The zero-order chi connectivity index (χ0) is 9.84. The Bertz CT molecular complexity index is 315. The summed E-state index contributed by atoms with van der Waals surface area (Å²) < 4.78 is 27.6. The van der Waals surface area contributed by atoms with Gasteiger partial charge in [-0.1, -0.05) is 0 Å². The van der Waals surface area contributed by atoms with E-state index in [4.69, 9.17) is 5.73 Å². The van der Waals surface area contributed by atoms with Crippen LogP contribution >= 0.6 is 0 Å². The van der Waals surface area contributed by atoms with Crippen molar-refractivity contribution in [2.24, 2.45) is 0 Å². The lowest BCUT2D eigenvalue weighted by molar-refractivity contribution is -0.0493. The fourth-order valence-corrected chi connectivity index (χ4v) is 0.822. The molecule has 0 spiro atoms. The minimum absolute atomic E-state index is 0.0749. The number of nitrogens with two attached hydrogens (primary N) is 1. The normalized spacial score (nSPS) is 10.1. The van der Waals surface area contributed by atoms with Gasteiger partial charge in [0.25, 0.3) is 0 Å². The standard InChI is InChI=1S/C8H7F2NO2/c9-8(10)13-7-3-5(4-12)1-2-6(7)11/h1-4,8H,11H2. The van der Waals surface area contributed by atoms with Crippen LogP contribution in [-0.2, 0) is 0 Å². The van der Waals surface area contributed by atoms with Gasteiger partial charge >= 0.3 is 6.61 Å². The Morgan fingerprint density at radius 1 is 1.46 bits per heavy atom. The molecule has 0 radical (unpaired) electrons. The molecular weight excluding hydrogens is 180 g/mol. The molecule has 3 nitrogen and oxygen atoms in total. The molecule has 70 valence electrons. The largest absolute Gasteiger partial charge is 0.433 e. The van der Waals surface area contributed by atoms with Crippen molar-refractivity contribution in [2.75, 3.05) is 5.73 Å². The van der Waals surface area contributed by atoms with Gasteiger partial charge in [-0.25, -0.2) is 0 Å². The van der Waals surface area contributed by atoms with Crippen LogP contribution in [0.3, 0.4) is 0 Å². The topological polar surface area (TPSA) is 52.3 Å². The van der Waals surface area contributed by atoms with E-state index < -0.39 is 6.61 Å². The second-order valence-corrected chi connectivity index (χ2v) is 2.29. The Balaban J connectivity index is 2.96. The third kappa shape index (κ3) is 2.40. The Morgan fingerprint density at radius 2 is 2.15 bits per heavy atom. The lowest BCUT2D eigenvalue weighted by Crippen LogP contribution is -2.04. The number of alkyl halides is 2. The molecule has 0 aliphatic heterocycles. The average Bonchev–Trinajstić information content (AvgIpc) is 2.08. The predicted octanol–water partition coefficient (Wildman–Crippen LogP) is 1.68. The van der Waals surface area contributed by atoms with Gasteiger partial charge in [0, 0.05) is 5.56 Å². The number of halogens is 2. The number of hydrogen-bond donors (Lipinski definition) is 1. The van der Waals surface area contributed by atoms with Crippen LogP contribution in [-0.4, -0.2) is 12.9 Å². The molecule has 0 bridgehead atoms. The van der Waals surface area contributed by atoms with Gasteiger partial charge in [-0.2, -0.15) is 8.78 Å². The third-order valence-corrected chi connectivity index (χ3v) is 1.39. The molecule has 2 N–H and O–H groups in total. The summed E-state index contributed by atoms with van der Waals surface area (Å²) in [5.74, 6) is -0.181. The highest BCUT2D eigenvalue weighted by molar-refractivity contribution is 5.77. The number of benzene rings is 1. The molecule has 0 unspecified atom stereocenters. The minimum Gasteiger partial charge on any atom is -0.433 e. The van der Waals surface area contributed by atoms with Crippen molar-refractivity contribution >= 4 is 12.0 Å². The Morgan fingerprint density at radius 3 is 2.69 bits per heavy atom. The Kier molecular flexibility index (Phi) is 2.79. The van der Waals surface area contributed by atoms with Crippen LogP contribution in [0.2, 0.25) is 0 Å². The maximum absolute atomic E-state index is 11.8. The van der Waals surface area contributed by atoms with Gasteiger partial charge in [-0.3, -0.25) is 4.79 Å². The molecule has 1 aromatic rings. The van der Waals surface area contributed by atoms with Crippen LogP contribution in [0.4, 0.5) is 14.5 Å². The molecule has 13 heavy (non-hydrogen) atoms. The summed E-state index contributed by atoms with van der Waals surface area (Å²) >= 11 is 0. The molecule has 1 rings (SSSR count). The number of rotatable bonds is 3. The first kappa shape index (κ1) is 9.44. The zero-order valence-corrected chi connectivity index (χ0v) is 6.54. The van der Waals surface area contributed by atoms with E-state index >= 15 is 0 Å². The lowest BCUT2D eigenvalue weighted by atomic mass is 10.2. The SMILES string of the molecule is Nc1ccc(C=O)cc1OC(F)F. The van der Waals surface area contributed by atoms with Crippen LogP contribution < -0.4 is 10.5 Å². The molecule has 0 saturated heterocycles. The molecule has 0 aliphatic carbocycles. The van der Waals surface area contributed by atoms with Crippen LogP contribution in [0.5, 0.6) is 5.75 Å². The fraction of sp³-hybridized carbons (Fsp3) is 0.125. The Hall–Kier alpha value is -1.65. The molecular formula is C8H7F2NO2. The van der Waals surface area contributed by atoms with E-state index in [1.807, 2.05) is 0 Å². The minimum atomic E-state index is -2.94. The highest BCUT2D eigenvalue weighted by Crippen LogP contribution is 2.23. The van der Waals surface area contributed by atoms with E-state index in [1.165, 1.54) is 12.1 Å². The second kappa shape index (κ2) is 3.84. The first-order chi connectivity index (χ1) is 6.13. The van der Waals surface area contributed by atoms with Crippen molar-refractivity contribution in [3.63, 3.8) is 0 Å². The fourth-order valence-electron chi connectivity index (χ4n) is 0.822. The Labute approximate surface area is 73.1 Å². The number of anilines is 1. The van der Waals surface area contributed by atoms with E-state index in [0.29, 0.717) is 6.29 Å². The highest BCUT2D eigenvalue weighted by Gasteiger charge is 2.07. The van der Waals surface area contributed by atoms with Crippen LogP contribution in [0, 0.1) is 0 Å². The van der Waals surface area contributed by atoms with Gasteiger partial charge in [0.1, 0.15) is 12.0 Å². The summed E-state index contributed by atoms with van der Waals surface area (Å²) in [5, 5.41) is 0. The molecule has 0 aromatic heterocycles. The van der Waals surface area contributed by atoms with E-state index in [2.05, 4.69) is 4.74 Å². The first-order valence-corrected chi connectivity index (χ1v) is 3.43. The lowest BCUT2D eigenvalue weighted by Gasteiger charge is -2.07. The molecule has 0 fully saturated rings. The van der Waals surface area contributed by atoms with Crippen molar-refractivity contribution in [3.05, 3.63) is 23.8 Å². The summed E-state index contributed by atoms with van der Waals surface area (Å²) in [6, 6.07) is 3.91. The number of carbonyl (C=O) groups is 1. The van der Waals surface area contributed by atoms with Crippen LogP contribution in [0.25, 0.3) is 0 Å². The third-order valence-electron chi connectivity index (χ3n) is 1.39. The van der Waals surface area contributed by atoms with Crippen molar-refractivity contribution < 1.29 is 18.3 Å². The van der Waals surface area contributed by atoms with Crippen molar-refractivity contribution in [3.8, 4) is 5.75 Å². The molecule has 0 saturated carbocycles. The van der Waals surface area contributed by atoms with Crippen LogP contribution in [0.15, 0.2) is 18.2 Å². The molecule has 0 aliphatic rings. The highest BCUT2D eigenvalue weighted by atomic mass is 19.3. The monoisotopic (exact) mass is 187 g/mol. The number of ether oxygens (including phenoxy) is 1. The average molecular weight is 187 g/mol. The van der Waals surface area contributed by atoms with Gasteiger partial charge < -0.3 is 10.5 Å². The van der Waals surface area contributed by atoms with Crippen molar-refractivity contribution in [1.29, 1.82) is 0 Å². The smallest absolute Gasteiger partial charge is 0.387 e. The predicted molar refractivity (Wildman–Crippen MR) is 42.9 cm³/mol. The molecule has 0 heterocycles. The summed E-state index contributed by atoms with van der Waals surface area (Å²) in [7, 11) is 0. The second-order valence-electron chi connectivity index (χ2n) is 2.29. The van der Waals surface area contributed by atoms with Crippen LogP contribution in [0.1, 0.15) is 10.4 Å². The van der Waals surface area contributed by atoms with E-state index in [9.17, 15) is 13.6 Å². The quantitative estimate of drug-likeness (QED) is 0.578. The zero-order valence-electron chi connectivity index (χ0n) is 6.54. The maximum atomic E-state index is 11.8. The molecule has 5 heteroatoms. The summed E-state index contributed by atoms with van der Waals surface area (Å²) in [4.78, 5) is 10.3. The van der Waals surface area contributed by atoms with E-state index in [0.717, 1.165) is 6.07 Å². The molecule has 1 aromatic carbocycles.